The fourth-order valence-electron chi connectivity index (χ4n) is 1.89. The molecule has 16 heavy (non-hydrogen) atoms. The van der Waals surface area contributed by atoms with Gasteiger partial charge in [0.2, 0.25) is 0 Å². The minimum atomic E-state index is 0.308. The number of halogens is 1. The van der Waals surface area contributed by atoms with Crippen molar-refractivity contribution in [2.24, 2.45) is 5.41 Å². The van der Waals surface area contributed by atoms with E-state index in [2.05, 4.69) is 42.4 Å². The molecule has 0 rings (SSSR count). The lowest BCUT2D eigenvalue weighted by molar-refractivity contribution is 0.418. The summed E-state index contributed by atoms with van der Waals surface area (Å²) in [6, 6.07) is 0. The van der Waals surface area contributed by atoms with Crippen molar-refractivity contribution in [2.75, 3.05) is 5.33 Å². The van der Waals surface area contributed by atoms with Crippen LogP contribution >= 0.6 is 15.9 Å². The molecule has 1 atom stereocenters. The summed E-state index contributed by atoms with van der Waals surface area (Å²) in [4.78, 5) is 0. The minimum Gasteiger partial charge on any atom is -0.103 e. The average Bonchev–Trinajstić information content (AvgIpc) is 2.32. The second-order valence-electron chi connectivity index (χ2n) is 5.22. The van der Waals surface area contributed by atoms with Gasteiger partial charge < -0.3 is 0 Å². The molecule has 0 aliphatic carbocycles. The first-order valence-corrected chi connectivity index (χ1v) is 8.00. The fraction of sp³-hybridized carbons (Fsp3) is 0.867. The van der Waals surface area contributed by atoms with Gasteiger partial charge in [-0.1, -0.05) is 87.2 Å². The Hall–Kier alpha value is 0.220. The van der Waals surface area contributed by atoms with E-state index in [1.807, 2.05) is 0 Å². The molecule has 0 aliphatic heterocycles. The highest BCUT2D eigenvalue weighted by atomic mass is 79.9. The molecular weight excluding hydrogens is 260 g/mol. The first-order valence-electron chi connectivity index (χ1n) is 6.88. The molecule has 1 heteroatoms. The predicted octanol–water partition coefficient (Wildman–Crippen LogP) is 6.10. The maximum absolute atomic E-state index is 3.92. The monoisotopic (exact) mass is 288 g/mol. The molecule has 0 aromatic carbocycles. The van der Waals surface area contributed by atoms with Crippen LogP contribution in [0.3, 0.4) is 0 Å². The van der Waals surface area contributed by atoms with Gasteiger partial charge in [-0.3, -0.25) is 0 Å². The highest BCUT2D eigenvalue weighted by Crippen LogP contribution is 2.28. The standard InChI is InChI=1S/C15H29Br/c1-4-6-7-8-9-10-11-12-13-15(3,5-2)14-16/h5H,2,4,6-14H2,1,3H3. The van der Waals surface area contributed by atoms with Crippen LogP contribution in [0.4, 0.5) is 0 Å². The summed E-state index contributed by atoms with van der Waals surface area (Å²) < 4.78 is 0. The van der Waals surface area contributed by atoms with Gasteiger partial charge in [0.1, 0.15) is 0 Å². The number of rotatable bonds is 11. The van der Waals surface area contributed by atoms with Gasteiger partial charge in [-0.25, -0.2) is 0 Å². The van der Waals surface area contributed by atoms with Gasteiger partial charge in [0.25, 0.3) is 0 Å². The van der Waals surface area contributed by atoms with E-state index in [1.165, 1.54) is 57.8 Å². The first-order chi connectivity index (χ1) is 7.68. The van der Waals surface area contributed by atoms with E-state index in [4.69, 9.17) is 0 Å². The Morgan fingerprint density at radius 3 is 1.94 bits per heavy atom. The van der Waals surface area contributed by atoms with Crippen LogP contribution in [0, 0.1) is 5.41 Å². The van der Waals surface area contributed by atoms with Crippen molar-refractivity contribution in [1.82, 2.24) is 0 Å². The quantitative estimate of drug-likeness (QED) is 0.245. The average molecular weight is 289 g/mol. The van der Waals surface area contributed by atoms with Crippen LogP contribution in [0.1, 0.15) is 71.6 Å². The lowest BCUT2D eigenvalue weighted by Gasteiger charge is -2.22. The largest absolute Gasteiger partial charge is 0.103 e. The smallest absolute Gasteiger partial charge is 0.0120 e. The zero-order valence-corrected chi connectivity index (χ0v) is 12.8. The maximum atomic E-state index is 3.92. The highest BCUT2D eigenvalue weighted by Gasteiger charge is 2.17. The molecule has 0 radical (unpaired) electrons. The van der Waals surface area contributed by atoms with Gasteiger partial charge in [-0.05, 0) is 11.8 Å². The molecule has 0 amide bonds. The summed E-state index contributed by atoms with van der Waals surface area (Å²) in [7, 11) is 0. The topological polar surface area (TPSA) is 0 Å². The van der Waals surface area contributed by atoms with Crippen molar-refractivity contribution in [2.45, 2.75) is 71.6 Å². The molecule has 96 valence electrons. The van der Waals surface area contributed by atoms with Gasteiger partial charge in [0.15, 0.2) is 0 Å². The highest BCUT2D eigenvalue weighted by molar-refractivity contribution is 9.09. The predicted molar refractivity (Wildman–Crippen MR) is 79.3 cm³/mol. The SMILES string of the molecule is C=CC(C)(CBr)CCCCCCCCCC. The molecule has 0 aliphatic rings. The van der Waals surface area contributed by atoms with Crippen molar-refractivity contribution in [3.8, 4) is 0 Å². The molecule has 1 unspecified atom stereocenters. The molecule has 0 aromatic rings. The van der Waals surface area contributed by atoms with Crippen LogP contribution in [0.2, 0.25) is 0 Å². The van der Waals surface area contributed by atoms with E-state index in [0.29, 0.717) is 5.41 Å². The van der Waals surface area contributed by atoms with Gasteiger partial charge in [0.05, 0.1) is 0 Å². The van der Waals surface area contributed by atoms with Crippen molar-refractivity contribution < 1.29 is 0 Å². The molecular formula is C15H29Br. The maximum Gasteiger partial charge on any atom is 0.0120 e. The lowest BCUT2D eigenvalue weighted by Crippen LogP contribution is -2.14. The molecule has 0 nitrogen and oxygen atoms in total. The van der Waals surface area contributed by atoms with Gasteiger partial charge >= 0.3 is 0 Å². The summed E-state index contributed by atoms with van der Waals surface area (Å²) in [5, 5.41) is 1.04. The Balaban J connectivity index is 3.29. The Bertz CT molecular complexity index is 165. The zero-order valence-electron chi connectivity index (χ0n) is 11.2. The molecule has 0 saturated heterocycles. The summed E-state index contributed by atoms with van der Waals surface area (Å²) in [5.74, 6) is 0. The van der Waals surface area contributed by atoms with E-state index < -0.39 is 0 Å². The number of hydrogen-bond donors (Lipinski definition) is 0. The van der Waals surface area contributed by atoms with E-state index in [1.54, 1.807) is 0 Å². The number of allylic oxidation sites excluding steroid dienone is 1. The zero-order chi connectivity index (χ0) is 12.3. The summed E-state index contributed by atoms with van der Waals surface area (Å²) in [6.45, 7) is 8.48. The molecule has 0 aromatic heterocycles. The van der Waals surface area contributed by atoms with Crippen molar-refractivity contribution in [3.63, 3.8) is 0 Å². The molecule has 0 bridgehead atoms. The number of unbranched alkanes of at least 4 members (excludes halogenated alkanes) is 7. The van der Waals surface area contributed by atoms with Crippen molar-refractivity contribution in [3.05, 3.63) is 12.7 Å². The second kappa shape index (κ2) is 10.4. The van der Waals surface area contributed by atoms with E-state index in [0.717, 1.165) is 5.33 Å². The van der Waals surface area contributed by atoms with Gasteiger partial charge in [-0.2, -0.15) is 0 Å². The third-order valence-electron chi connectivity index (χ3n) is 3.40. The third-order valence-corrected chi connectivity index (χ3v) is 4.68. The Morgan fingerprint density at radius 1 is 1.00 bits per heavy atom. The van der Waals surface area contributed by atoms with Gasteiger partial charge in [-0.15, -0.1) is 6.58 Å². The normalized spacial score (nSPS) is 14.7. The lowest BCUT2D eigenvalue weighted by atomic mass is 9.87. The molecule has 0 heterocycles. The molecule has 0 N–H and O–H groups in total. The second-order valence-corrected chi connectivity index (χ2v) is 5.78. The molecule has 0 spiro atoms. The Morgan fingerprint density at radius 2 is 1.50 bits per heavy atom. The van der Waals surface area contributed by atoms with Crippen LogP contribution in [-0.2, 0) is 0 Å². The van der Waals surface area contributed by atoms with Crippen LogP contribution in [0.5, 0.6) is 0 Å². The van der Waals surface area contributed by atoms with Crippen LogP contribution in [0.15, 0.2) is 12.7 Å². The molecule has 0 saturated carbocycles. The van der Waals surface area contributed by atoms with E-state index in [-0.39, 0.29) is 0 Å². The number of hydrogen-bond acceptors (Lipinski definition) is 0. The van der Waals surface area contributed by atoms with Crippen molar-refractivity contribution >= 4 is 15.9 Å². The molecule has 0 fully saturated rings. The van der Waals surface area contributed by atoms with Crippen molar-refractivity contribution in [1.29, 1.82) is 0 Å². The Labute approximate surface area is 111 Å². The summed E-state index contributed by atoms with van der Waals surface area (Å²) >= 11 is 3.57. The fourth-order valence-corrected chi connectivity index (χ4v) is 2.40. The minimum absolute atomic E-state index is 0.308. The summed E-state index contributed by atoms with van der Waals surface area (Å²) in [6.07, 6.45) is 14.6. The van der Waals surface area contributed by atoms with Crippen LogP contribution < -0.4 is 0 Å². The Kier molecular flexibility index (Phi) is 10.5. The van der Waals surface area contributed by atoms with Crippen LogP contribution in [-0.4, -0.2) is 5.33 Å². The number of alkyl halides is 1. The third kappa shape index (κ3) is 8.38. The van der Waals surface area contributed by atoms with Gasteiger partial charge in [0, 0.05) is 5.33 Å². The van der Waals surface area contributed by atoms with Crippen LogP contribution in [0.25, 0.3) is 0 Å². The summed E-state index contributed by atoms with van der Waals surface area (Å²) in [5.41, 5.74) is 0.308. The first kappa shape index (κ1) is 16.2. The van der Waals surface area contributed by atoms with E-state index in [9.17, 15) is 0 Å². The van der Waals surface area contributed by atoms with E-state index >= 15 is 0 Å².